The van der Waals surface area contributed by atoms with Gasteiger partial charge in [-0.15, -0.1) is 10.2 Å². The van der Waals surface area contributed by atoms with Gasteiger partial charge in [-0.05, 0) is 55.6 Å². The van der Waals surface area contributed by atoms with E-state index in [-0.39, 0.29) is 0 Å². The van der Waals surface area contributed by atoms with Crippen molar-refractivity contribution in [1.82, 2.24) is 15.1 Å². The third kappa shape index (κ3) is 3.71. The first-order valence-corrected chi connectivity index (χ1v) is 11.2. The summed E-state index contributed by atoms with van der Waals surface area (Å²) >= 11 is 0. The number of aromatic nitrogens is 2. The molecule has 1 spiro atoms. The van der Waals surface area contributed by atoms with Gasteiger partial charge in [0.15, 0.2) is 5.82 Å². The highest BCUT2D eigenvalue weighted by Gasteiger charge is 2.55. The molecule has 1 aromatic heterocycles. The predicted octanol–water partition coefficient (Wildman–Crippen LogP) is 3.22. The highest BCUT2D eigenvalue weighted by Crippen LogP contribution is 2.53. The van der Waals surface area contributed by atoms with Gasteiger partial charge in [-0.3, -0.25) is 0 Å². The summed E-state index contributed by atoms with van der Waals surface area (Å²) in [6, 6.07) is 10.9. The number of anilines is 2. The summed E-state index contributed by atoms with van der Waals surface area (Å²) in [5.41, 5.74) is 4.42. The van der Waals surface area contributed by atoms with Crippen molar-refractivity contribution in [3.63, 3.8) is 0 Å². The lowest BCUT2D eigenvalue weighted by Gasteiger charge is -2.59. The quantitative estimate of drug-likeness (QED) is 0.434. The topological polar surface area (TPSA) is 60.2 Å². The third-order valence-electron chi connectivity index (χ3n) is 7.10. The van der Waals surface area contributed by atoms with Gasteiger partial charge >= 0.3 is 0 Å². The van der Waals surface area contributed by atoms with Gasteiger partial charge < -0.3 is 14.7 Å². The minimum atomic E-state index is 0.377. The van der Waals surface area contributed by atoms with Crippen molar-refractivity contribution in [1.29, 1.82) is 0 Å². The van der Waals surface area contributed by atoms with E-state index in [1.54, 1.807) is 6.20 Å². The van der Waals surface area contributed by atoms with E-state index in [2.05, 4.69) is 74.0 Å². The fourth-order valence-corrected chi connectivity index (χ4v) is 5.49. The Morgan fingerprint density at radius 3 is 2.77 bits per heavy atom. The van der Waals surface area contributed by atoms with Crippen molar-refractivity contribution < 1.29 is 0 Å². The van der Waals surface area contributed by atoms with Crippen LogP contribution in [0, 0.1) is 11.3 Å². The Labute approximate surface area is 184 Å². The third-order valence-corrected chi connectivity index (χ3v) is 7.10. The number of rotatable bonds is 4. The second-order valence-electron chi connectivity index (χ2n) is 9.35. The van der Waals surface area contributed by atoms with Crippen LogP contribution in [0.15, 0.2) is 46.7 Å². The molecule has 5 rings (SSSR count). The Hall–Kier alpha value is -2.80. The van der Waals surface area contributed by atoms with Gasteiger partial charge in [-0.1, -0.05) is 19.1 Å². The molecule has 7 heteroatoms. The Balaban J connectivity index is 1.34. The van der Waals surface area contributed by atoms with E-state index in [9.17, 15) is 0 Å². The smallest absolute Gasteiger partial charge is 0.151 e. The molecule has 0 unspecified atom stereocenters. The highest BCUT2D eigenvalue weighted by molar-refractivity contribution is 6.01. The molecule has 3 aliphatic rings. The van der Waals surface area contributed by atoms with E-state index in [0.717, 1.165) is 63.6 Å². The van der Waals surface area contributed by atoms with Gasteiger partial charge in [0.25, 0.3) is 0 Å². The zero-order chi connectivity index (χ0) is 21.4. The van der Waals surface area contributed by atoms with Crippen molar-refractivity contribution >= 4 is 24.1 Å². The Morgan fingerprint density at radius 1 is 1.23 bits per heavy atom. The lowest BCUT2D eigenvalue weighted by Crippen LogP contribution is -2.64. The van der Waals surface area contributed by atoms with E-state index >= 15 is 0 Å². The van der Waals surface area contributed by atoms with E-state index in [4.69, 9.17) is 0 Å². The minimum Gasteiger partial charge on any atom is -0.354 e. The van der Waals surface area contributed by atoms with Crippen LogP contribution in [0.1, 0.15) is 30.9 Å². The van der Waals surface area contributed by atoms with E-state index in [1.807, 2.05) is 12.1 Å². The molecule has 7 nitrogen and oxygen atoms in total. The summed E-state index contributed by atoms with van der Waals surface area (Å²) in [7, 11) is 2.20. The Kier molecular flexibility index (Phi) is 5.22. The number of hydrogen-bond acceptors (Lipinski definition) is 6. The van der Waals surface area contributed by atoms with Crippen LogP contribution in [0.3, 0.4) is 0 Å². The molecule has 1 saturated heterocycles. The summed E-state index contributed by atoms with van der Waals surface area (Å²) in [6.45, 7) is 10.9. The lowest BCUT2D eigenvalue weighted by atomic mass is 9.57. The first kappa shape index (κ1) is 20.1. The molecule has 0 N–H and O–H groups in total. The van der Waals surface area contributed by atoms with Crippen molar-refractivity contribution in [3.8, 4) is 0 Å². The second kappa shape index (κ2) is 8.04. The standard InChI is InChI=1S/C24H31N7/c1-4-18-7-8-21-19(12-18)15-29(3)10-11-31(21)23(28-25-2)20-13-24(14-20)16-30(17-24)22-6-5-9-26-27-22/h5-9,12,20H,2,4,10-11,13-17H2,1,3H3/b28-23-. The molecule has 2 aromatic rings. The van der Waals surface area contributed by atoms with E-state index in [1.165, 1.54) is 16.8 Å². The second-order valence-corrected chi connectivity index (χ2v) is 9.35. The molecule has 1 saturated carbocycles. The van der Waals surface area contributed by atoms with Gasteiger partial charge in [0, 0.05) is 62.7 Å². The normalized spacial score (nSPS) is 21.3. The van der Waals surface area contributed by atoms with Crippen LogP contribution < -0.4 is 9.80 Å². The molecule has 0 radical (unpaired) electrons. The van der Waals surface area contributed by atoms with E-state index < -0.39 is 0 Å². The van der Waals surface area contributed by atoms with Crippen molar-refractivity contribution in [2.45, 2.75) is 32.7 Å². The highest BCUT2D eigenvalue weighted by atomic mass is 15.3. The molecule has 0 amide bonds. The fourth-order valence-electron chi connectivity index (χ4n) is 5.49. The fraction of sp³-hybridized carbons (Fsp3) is 0.500. The molecule has 0 bridgehead atoms. The maximum Gasteiger partial charge on any atom is 0.151 e. The first-order chi connectivity index (χ1) is 15.1. The van der Waals surface area contributed by atoms with Crippen LogP contribution in [0.25, 0.3) is 0 Å². The average Bonchev–Trinajstić information content (AvgIpc) is 2.89. The van der Waals surface area contributed by atoms with Crippen LogP contribution in [0.4, 0.5) is 11.5 Å². The number of likely N-dealkylation sites (N-methyl/N-ethyl adjacent to an activating group) is 1. The molecule has 2 fully saturated rings. The number of fused-ring (bicyclic) bond motifs is 1. The monoisotopic (exact) mass is 417 g/mol. The van der Waals surface area contributed by atoms with Crippen LogP contribution in [0.5, 0.6) is 0 Å². The summed E-state index contributed by atoms with van der Waals surface area (Å²) < 4.78 is 0. The van der Waals surface area contributed by atoms with Crippen LogP contribution >= 0.6 is 0 Å². The van der Waals surface area contributed by atoms with Gasteiger partial charge in [0.2, 0.25) is 0 Å². The minimum absolute atomic E-state index is 0.377. The van der Waals surface area contributed by atoms with Crippen molar-refractivity contribution in [2.75, 3.05) is 43.0 Å². The molecule has 162 valence electrons. The zero-order valence-electron chi connectivity index (χ0n) is 18.5. The van der Waals surface area contributed by atoms with Gasteiger partial charge in [0.05, 0.1) is 0 Å². The van der Waals surface area contributed by atoms with Crippen LogP contribution in [0.2, 0.25) is 0 Å². The zero-order valence-corrected chi connectivity index (χ0v) is 18.5. The Morgan fingerprint density at radius 2 is 2.06 bits per heavy atom. The van der Waals surface area contributed by atoms with Crippen molar-refractivity contribution in [3.05, 3.63) is 47.7 Å². The van der Waals surface area contributed by atoms with Crippen LogP contribution in [-0.4, -0.2) is 60.9 Å². The predicted molar refractivity (Wildman–Crippen MR) is 126 cm³/mol. The lowest BCUT2D eigenvalue weighted by molar-refractivity contribution is 0.0558. The molecular weight excluding hydrogens is 386 g/mol. The molecule has 31 heavy (non-hydrogen) atoms. The van der Waals surface area contributed by atoms with Gasteiger partial charge in [-0.2, -0.15) is 10.2 Å². The summed E-state index contributed by atoms with van der Waals surface area (Å²) in [6.07, 6.45) is 5.07. The number of aryl methyl sites for hydroxylation is 1. The van der Waals surface area contributed by atoms with Gasteiger partial charge in [-0.25, -0.2) is 0 Å². The number of benzene rings is 1. The van der Waals surface area contributed by atoms with Crippen molar-refractivity contribution in [2.24, 2.45) is 21.5 Å². The Bertz CT molecular complexity index is 973. The van der Waals surface area contributed by atoms with E-state index in [0.29, 0.717) is 11.3 Å². The maximum absolute atomic E-state index is 4.58. The molecular formula is C24H31N7. The number of hydrogen-bond donors (Lipinski definition) is 0. The maximum atomic E-state index is 4.58. The largest absolute Gasteiger partial charge is 0.354 e. The SMILES string of the molecule is C=N/N=C(/C1CC2(C1)CN(c1cccnn1)C2)N1CCN(C)Cc2cc(CC)ccc21. The first-order valence-electron chi connectivity index (χ1n) is 11.2. The van der Waals surface area contributed by atoms with Crippen LogP contribution in [-0.2, 0) is 13.0 Å². The molecule has 2 aliphatic heterocycles. The summed E-state index contributed by atoms with van der Waals surface area (Å²) in [5, 5.41) is 16.8. The molecule has 0 atom stereocenters. The molecule has 1 aromatic carbocycles. The number of nitrogens with zero attached hydrogens (tertiary/aromatic N) is 7. The average molecular weight is 418 g/mol. The van der Waals surface area contributed by atoms with Gasteiger partial charge in [0.1, 0.15) is 5.84 Å². The molecule has 1 aliphatic carbocycles. The summed E-state index contributed by atoms with van der Waals surface area (Å²) in [5.74, 6) is 2.49. The molecule has 3 heterocycles. The summed E-state index contributed by atoms with van der Waals surface area (Å²) in [4.78, 5) is 7.13. The number of amidine groups is 1.